The zero-order chi connectivity index (χ0) is 10.8. The Balaban J connectivity index is 2.13. The Kier molecular flexibility index (Phi) is 3.17. The van der Waals surface area contributed by atoms with Crippen LogP contribution >= 0.6 is 11.6 Å². The Hall–Kier alpha value is -0.730. The predicted octanol–water partition coefficient (Wildman–Crippen LogP) is 3.03. The van der Waals surface area contributed by atoms with E-state index in [2.05, 4.69) is 11.8 Å². The maximum atomic E-state index is 9.79. The Morgan fingerprint density at radius 3 is 3.00 bits per heavy atom. The number of hydrogen-bond donors (Lipinski definition) is 1. The van der Waals surface area contributed by atoms with Crippen molar-refractivity contribution >= 4 is 11.6 Å². The summed E-state index contributed by atoms with van der Waals surface area (Å²) < 4.78 is 0. The lowest BCUT2D eigenvalue weighted by Gasteiger charge is -2.21. The first-order valence-electron chi connectivity index (χ1n) is 5.39. The summed E-state index contributed by atoms with van der Waals surface area (Å²) >= 11 is 5.87. The van der Waals surface area contributed by atoms with Crippen LogP contribution in [0.4, 0.5) is 0 Å². The smallest absolute Gasteiger partial charge is 0.138 e. The normalized spacial score (nSPS) is 22.1. The van der Waals surface area contributed by atoms with Crippen LogP contribution in [0.25, 0.3) is 0 Å². The minimum Gasteiger partial charge on any atom is -0.506 e. The van der Waals surface area contributed by atoms with Crippen LogP contribution in [0.3, 0.4) is 0 Å². The molecule has 2 rings (SSSR count). The summed E-state index contributed by atoms with van der Waals surface area (Å²) in [5.74, 6) is 0.235. The number of aromatic hydroxyl groups is 1. The van der Waals surface area contributed by atoms with Crippen LogP contribution in [0.1, 0.15) is 25.3 Å². The van der Waals surface area contributed by atoms with Crippen LogP contribution in [0.2, 0.25) is 5.02 Å². The zero-order valence-corrected chi connectivity index (χ0v) is 9.67. The molecule has 1 unspecified atom stereocenters. The quantitative estimate of drug-likeness (QED) is 0.837. The van der Waals surface area contributed by atoms with Crippen molar-refractivity contribution in [3.05, 3.63) is 28.8 Å². The highest BCUT2D eigenvalue weighted by Gasteiger charge is 2.21. The molecule has 0 amide bonds. The van der Waals surface area contributed by atoms with E-state index in [1.54, 1.807) is 6.07 Å². The maximum absolute atomic E-state index is 9.79. The minimum absolute atomic E-state index is 0.235. The van der Waals surface area contributed by atoms with Crippen molar-refractivity contribution in [3.63, 3.8) is 0 Å². The lowest BCUT2D eigenvalue weighted by atomic mass is 10.1. The molecule has 0 bridgehead atoms. The number of likely N-dealkylation sites (tertiary alicyclic amines) is 1. The molecule has 1 aliphatic heterocycles. The Morgan fingerprint density at radius 1 is 1.53 bits per heavy atom. The molecule has 1 aromatic rings. The van der Waals surface area contributed by atoms with E-state index in [1.165, 1.54) is 12.8 Å². The van der Waals surface area contributed by atoms with Crippen molar-refractivity contribution in [3.8, 4) is 5.75 Å². The third-order valence-electron chi connectivity index (χ3n) is 3.13. The van der Waals surface area contributed by atoms with Crippen molar-refractivity contribution in [2.45, 2.75) is 32.4 Å². The van der Waals surface area contributed by atoms with E-state index in [-0.39, 0.29) is 5.75 Å². The molecule has 1 saturated heterocycles. The van der Waals surface area contributed by atoms with E-state index in [0.29, 0.717) is 11.1 Å². The van der Waals surface area contributed by atoms with E-state index in [4.69, 9.17) is 11.6 Å². The highest BCUT2D eigenvalue weighted by molar-refractivity contribution is 6.32. The van der Waals surface area contributed by atoms with Gasteiger partial charge in [0.25, 0.3) is 0 Å². The summed E-state index contributed by atoms with van der Waals surface area (Å²) in [6.45, 7) is 4.15. The summed E-state index contributed by atoms with van der Waals surface area (Å²) in [6, 6.07) is 6.15. The fraction of sp³-hybridized carbons (Fsp3) is 0.500. The average Bonchev–Trinajstić information content (AvgIpc) is 2.60. The Bertz CT molecular complexity index is 353. The van der Waals surface area contributed by atoms with Gasteiger partial charge in [-0.3, -0.25) is 4.90 Å². The Morgan fingerprint density at radius 2 is 2.33 bits per heavy atom. The second-order valence-electron chi connectivity index (χ2n) is 4.21. The molecule has 1 aliphatic rings. The van der Waals surface area contributed by atoms with Crippen molar-refractivity contribution in [2.24, 2.45) is 0 Å². The van der Waals surface area contributed by atoms with Gasteiger partial charge >= 0.3 is 0 Å². The van der Waals surface area contributed by atoms with Crippen LogP contribution < -0.4 is 0 Å². The summed E-state index contributed by atoms with van der Waals surface area (Å²) in [4.78, 5) is 2.38. The van der Waals surface area contributed by atoms with E-state index >= 15 is 0 Å². The first kappa shape index (κ1) is 10.8. The number of rotatable bonds is 2. The van der Waals surface area contributed by atoms with Gasteiger partial charge in [0.05, 0.1) is 5.02 Å². The van der Waals surface area contributed by atoms with Crippen LogP contribution in [-0.2, 0) is 6.54 Å². The average molecular weight is 226 g/mol. The van der Waals surface area contributed by atoms with E-state index < -0.39 is 0 Å². The molecule has 0 radical (unpaired) electrons. The second-order valence-corrected chi connectivity index (χ2v) is 4.62. The van der Waals surface area contributed by atoms with Gasteiger partial charge in [-0.15, -0.1) is 0 Å². The molecule has 3 heteroatoms. The van der Waals surface area contributed by atoms with Gasteiger partial charge < -0.3 is 5.11 Å². The van der Waals surface area contributed by atoms with Crippen LogP contribution in [0.15, 0.2) is 18.2 Å². The third-order valence-corrected chi connectivity index (χ3v) is 3.44. The number of para-hydroxylation sites is 1. The standard InChI is InChI=1S/C12H16ClNO/c1-9-4-3-7-14(9)8-10-5-2-6-11(13)12(10)15/h2,5-6,9,15H,3-4,7-8H2,1H3. The Labute approximate surface area is 95.5 Å². The molecule has 0 saturated carbocycles. The number of halogens is 1. The number of phenols is 1. The second kappa shape index (κ2) is 4.42. The maximum Gasteiger partial charge on any atom is 0.138 e. The summed E-state index contributed by atoms with van der Waals surface area (Å²) in [5.41, 5.74) is 0.927. The van der Waals surface area contributed by atoms with Crippen molar-refractivity contribution in [1.29, 1.82) is 0 Å². The van der Waals surface area contributed by atoms with Gasteiger partial charge in [0, 0.05) is 18.2 Å². The van der Waals surface area contributed by atoms with Gasteiger partial charge in [-0.05, 0) is 32.4 Å². The summed E-state index contributed by atoms with van der Waals surface area (Å²) in [6.07, 6.45) is 2.50. The molecule has 0 spiro atoms. The highest BCUT2D eigenvalue weighted by atomic mass is 35.5. The fourth-order valence-electron chi connectivity index (χ4n) is 2.13. The first-order valence-corrected chi connectivity index (χ1v) is 5.76. The zero-order valence-electron chi connectivity index (χ0n) is 8.91. The van der Waals surface area contributed by atoms with Gasteiger partial charge in [0.15, 0.2) is 0 Å². The molecule has 0 aromatic heterocycles. The summed E-state index contributed by atoms with van der Waals surface area (Å²) in [5, 5.41) is 10.2. The predicted molar refractivity (Wildman–Crippen MR) is 62.2 cm³/mol. The number of hydrogen-bond acceptors (Lipinski definition) is 2. The molecule has 1 atom stereocenters. The minimum atomic E-state index is 0.235. The van der Waals surface area contributed by atoms with Crippen LogP contribution in [0, 0.1) is 0 Å². The molecular weight excluding hydrogens is 210 g/mol. The molecule has 1 aromatic carbocycles. The molecular formula is C12H16ClNO. The molecule has 0 aliphatic carbocycles. The van der Waals surface area contributed by atoms with Gasteiger partial charge in [-0.1, -0.05) is 23.7 Å². The van der Waals surface area contributed by atoms with Crippen molar-refractivity contribution < 1.29 is 5.11 Å². The molecule has 15 heavy (non-hydrogen) atoms. The molecule has 1 N–H and O–H groups in total. The van der Waals surface area contributed by atoms with Crippen molar-refractivity contribution in [1.82, 2.24) is 4.90 Å². The highest BCUT2D eigenvalue weighted by Crippen LogP contribution is 2.29. The van der Waals surface area contributed by atoms with Gasteiger partial charge in [0.2, 0.25) is 0 Å². The molecule has 82 valence electrons. The lowest BCUT2D eigenvalue weighted by Crippen LogP contribution is -2.26. The lowest BCUT2D eigenvalue weighted by molar-refractivity contribution is 0.257. The number of benzene rings is 1. The monoisotopic (exact) mass is 225 g/mol. The van der Waals surface area contributed by atoms with Crippen LogP contribution in [0.5, 0.6) is 5.75 Å². The summed E-state index contributed by atoms with van der Waals surface area (Å²) in [7, 11) is 0. The fourth-order valence-corrected chi connectivity index (χ4v) is 2.33. The number of phenolic OH excluding ortho intramolecular Hbond substituents is 1. The van der Waals surface area contributed by atoms with E-state index in [1.807, 2.05) is 12.1 Å². The van der Waals surface area contributed by atoms with E-state index in [0.717, 1.165) is 18.7 Å². The van der Waals surface area contributed by atoms with Gasteiger partial charge in [-0.2, -0.15) is 0 Å². The van der Waals surface area contributed by atoms with E-state index in [9.17, 15) is 5.11 Å². The van der Waals surface area contributed by atoms with Crippen molar-refractivity contribution in [2.75, 3.05) is 6.54 Å². The SMILES string of the molecule is CC1CCCN1Cc1cccc(Cl)c1O. The third kappa shape index (κ3) is 2.27. The number of nitrogens with zero attached hydrogens (tertiary/aromatic N) is 1. The van der Waals surface area contributed by atoms with Gasteiger partial charge in [0.1, 0.15) is 5.75 Å². The molecule has 1 fully saturated rings. The molecule has 1 heterocycles. The topological polar surface area (TPSA) is 23.5 Å². The largest absolute Gasteiger partial charge is 0.506 e. The van der Waals surface area contributed by atoms with Crippen LogP contribution in [-0.4, -0.2) is 22.6 Å². The van der Waals surface area contributed by atoms with Gasteiger partial charge in [-0.25, -0.2) is 0 Å². The first-order chi connectivity index (χ1) is 7.18. The molecule has 2 nitrogen and oxygen atoms in total.